The van der Waals surface area contributed by atoms with E-state index in [1.165, 1.54) is 0 Å². The Morgan fingerprint density at radius 2 is 2.36 bits per heavy atom. The normalized spacial score (nSPS) is 9.27. The highest BCUT2D eigenvalue weighted by Gasteiger charge is 2.05. The number of hydrazine groups is 1. The Morgan fingerprint density at radius 3 is 2.82 bits per heavy atom. The van der Waals surface area contributed by atoms with Gasteiger partial charge in [-0.3, -0.25) is 4.79 Å². The Bertz CT molecular complexity index is 247. The molecule has 0 saturated carbocycles. The second-order valence-corrected chi connectivity index (χ2v) is 1.95. The molecule has 0 spiro atoms. The first-order chi connectivity index (χ1) is 5.22. The summed E-state index contributed by atoms with van der Waals surface area (Å²) in [5, 5.41) is 0.889. The number of aromatic nitrogens is 1. The Balaban J connectivity index is 2.85. The molecule has 2 N–H and O–H groups in total. The van der Waals surface area contributed by atoms with Crippen LogP contribution >= 0.6 is 0 Å². The fraction of sp³-hybridized carbons (Fsp3) is 0. The monoisotopic (exact) mass is 150 g/mol. The zero-order valence-electron chi connectivity index (χ0n) is 5.90. The average Bonchev–Trinajstić information content (AvgIpc) is 2.05. The zero-order valence-corrected chi connectivity index (χ0v) is 5.90. The Labute approximate surface area is 64.6 Å². The van der Waals surface area contributed by atoms with Gasteiger partial charge in [-0.2, -0.15) is 0 Å². The number of hydrogen-bond donors (Lipinski definition) is 1. The number of carbonyl (C=O) groups excluding carboxylic acids is 1. The number of carbonyl (C=O) groups is 1. The van der Waals surface area contributed by atoms with Crippen molar-refractivity contribution in [1.82, 2.24) is 4.98 Å². The van der Waals surface area contributed by atoms with E-state index in [9.17, 15) is 4.79 Å². The lowest BCUT2D eigenvalue weighted by atomic mass is 10.4. The highest BCUT2D eigenvalue weighted by Crippen LogP contribution is 2.03. The molecule has 0 fully saturated rings. The van der Waals surface area contributed by atoms with Gasteiger partial charge in [0.25, 0.3) is 0 Å². The first-order valence-electron chi connectivity index (χ1n) is 3.03. The minimum atomic E-state index is -0.483. The van der Waals surface area contributed by atoms with Gasteiger partial charge in [0.2, 0.25) is 5.91 Å². The molecule has 0 atom stereocenters. The molecule has 0 aliphatic rings. The Morgan fingerprint density at radius 1 is 1.64 bits per heavy atom. The number of hydrogen-bond acceptors (Lipinski definition) is 3. The molecule has 1 aromatic heterocycles. The van der Waals surface area contributed by atoms with Crippen molar-refractivity contribution in [2.24, 2.45) is 5.84 Å². The third-order valence-electron chi connectivity index (χ3n) is 1.16. The summed E-state index contributed by atoms with van der Waals surface area (Å²) in [6.07, 6.45) is 1.55. The van der Waals surface area contributed by atoms with Crippen LogP contribution in [0.1, 0.15) is 0 Å². The minimum Gasteiger partial charge on any atom is -0.273 e. The molecule has 57 valence electrons. The molecule has 1 amide bonds. The SMILES string of the molecule is [CH2]C(=O)N(N)c1ccccn1. The van der Waals surface area contributed by atoms with Gasteiger partial charge in [0, 0.05) is 13.1 Å². The van der Waals surface area contributed by atoms with Crippen molar-refractivity contribution in [3.8, 4) is 0 Å². The van der Waals surface area contributed by atoms with Gasteiger partial charge in [-0.1, -0.05) is 6.07 Å². The zero-order chi connectivity index (χ0) is 8.27. The van der Waals surface area contributed by atoms with Gasteiger partial charge in [-0.25, -0.2) is 15.8 Å². The molecule has 0 aliphatic heterocycles. The summed E-state index contributed by atoms with van der Waals surface area (Å²) in [5.41, 5.74) is 0. The largest absolute Gasteiger partial charge is 0.273 e. The first kappa shape index (κ1) is 7.68. The standard InChI is InChI=1S/C7H8N3O/c1-6(11)10(8)7-4-2-3-5-9-7/h2-5H,1,8H2. The van der Waals surface area contributed by atoms with Crippen LogP contribution < -0.4 is 10.9 Å². The van der Waals surface area contributed by atoms with E-state index in [-0.39, 0.29) is 0 Å². The summed E-state index contributed by atoms with van der Waals surface area (Å²) in [5.74, 6) is 5.21. The summed E-state index contributed by atoms with van der Waals surface area (Å²) < 4.78 is 0. The predicted octanol–water partition coefficient (Wildman–Crippen LogP) is 0.122. The maximum Gasteiger partial charge on any atom is 0.243 e. The number of nitrogens with zero attached hydrogens (tertiary/aromatic N) is 2. The number of amides is 1. The van der Waals surface area contributed by atoms with E-state index in [1.54, 1.807) is 24.4 Å². The topological polar surface area (TPSA) is 59.2 Å². The molecule has 4 nitrogen and oxygen atoms in total. The van der Waals surface area contributed by atoms with Crippen LogP contribution in [0.2, 0.25) is 0 Å². The summed E-state index contributed by atoms with van der Waals surface area (Å²) in [6.45, 7) is 3.14. The van der Waals surface area contributed by atoms with Crippen molar-refractivity contribution >= 4 is 11.7 Å². The van der Waals surface area contributed by atoms with Crippen molar-refractivity contribution in [1.29, 1.82) is 0 Å². The molecule has 1 radical (unpaired) electrons. The van der Waals surface area contributed by atoms with E-state index < -0.39 is 5.91 Å². The van der Waals surface area contributed by atoms with Crippen LogP contribution in [0, 0.1) is 6.92 Å². The molecule has 1 aromatic rings. The number of rotatable bonds is 1. The van der Waals surface area contributed by atoms with Crippen LogP contribution in [-0.2, 0) is 4.79 Å². The molecule has 0 bridgehead atoms. The summed E-state index contributed by atoms with van der Waals surface area (Å²) >= 11 is 0. The van der Waals surface area contributed by atoms with E-state index in [1.807, 2.05) is 0 Å². The van der Waals surface area contributed by atoms with Crippen molar-refractivity contribution in [3.05, 3.63) is 31.3 Å². The Kier molecular flexibility index (Phi) is 2.18. The van der Waals surface area contributed by atoms with E-state index in [0.29, 0.717) is 5.82 Å². The van der Waals surface area contributed by atoms with Crippen LogP contribution in [0.5, 0.6) is 0 Å². The average molecular weight is 150 g/mol. The molecular formula is C7H8N3O. The lowest BCUT2D eigenvalue weighted by Crippen LogP contribution is -2.36. The highest BCUT2D eigenvalue weighted by molar-refractivity contribution is 5.94. The smallest absolute Gasteiger partial charge is 0.243 e. The van der Waals surface area contributed by atoms with Crippen LogP contribution in [0.25, 0.3) is 0 Å². The summed E-state index contributed by atoms with van der Waals surface area (Å²) in [6, 6.07) is 5.11. The number of nitrogens with two attached hydrogens (primary N) is 1. The van der Waals surface area contributed by atoms with Gasteiger partial charge in [0.05, 0.1) is 0 Å². The Hall–Kier alpha value is -1.42. The first-order valence-corrected chi connectivity index (χ1v) is 3.03. The van der Waals surface area contributed by atoms with Gasteiger partial charge in [-0.15, -0.1) is 0 Å². The van der Waals surface area contributed by atoms with Gasteiger partial charge in [-0.05, 0) is 12.1 Å². The maximum atomic E-state index is 10.6. The quantitative estimate of drug-likeness (QED) is 0.351. The third kappa shape index (κ3) is 1.75. The van der Waals surface area contributed by atoms with Crippen LogP contribution in [-0.4, -0.2) is 10.9 Å². The molecule has 0 saturated heterocycles. The van der Waals surface area contributed by atoms with E-state index in [2.05, 4.69) is 11.9 Å². The number of pyridine rings is 1. The van der Waals surface area contributed by atoms with E-state index in [4.69, 9.17) is 5.84 Å². The van der Waals surface area contributed by atoms with Gasteiger partial charge in [0.15, 0.2) is 0 Å². The van der Waals surface area contributed by atoms with Crippen LogP contribution in [0.4, 0.5) is 5.82 Å². The molecule has 11 heavy (non-hydrogen) atoms. The van der Waals surface area contributed by atoms with Crippen LogP contribution in [0.15, 0.2) is 24.4 Å². The molecule has 1 rings (SSSR count). The van der Waals surface area contributed by atoms with Crippen molar-refractivity contribution in [2.45, 2.75) is 0 Å². The molecule has 0 aliphatic carbocycles. The van der Waals surface area contributed by atoms with Crippen LogP contribution in [0.3, 0.4) is 0 Å². The van der Waals surface area contributed by atoms with Crippen molar-refractivity contribution in [3.63, 3.8) is 0 Å². The van der Waals surface area contributed by atoms with Gasteiger partial charge >= 0.3 is 0 Å². The molecule has 0 unspecified atom stereocenters. The fourth-order valence-electron chi connectivity index (χ4n) is 0.624. The van der Waals surface area contributed by atoms with Gasteiger partial charge in [0.1, 0.15) is 5.82 Å². The lowest BCUT2D eigenvalue weighted by Gasteiger charge is -2.11. The molecule has 1 heterocycles. The molecular weight excluding hydrogens is 142 g/mol. The highest BCUT2D eigenvalue weighted by atomic mass is 16.2. The van der Waals surface area contributed by atoms with Gasteiger partial charge < -0.3 is 0 Å². The summed E-state index contributed by atoms with van der Waals surface area (Å²) in [7, 11) is 0. The summed E-state index contributed by atoms with van der Waals surface area (Å²) in [4.78, 5) is 14.4. The van der Waals surface area contributed by atoms with E-state index in [0.717, 1.165) is 5.01 Å². The second-order valence-electron chi connectivity index (χ2n) is 1.95. The minimum absolute atomic E-state index is 0.396. The number of anilines is 1. The fourth-order valence-corrected chi connectivity index (χ4v) is 0.624. The predicted molar refractivity (Wildman–Crippen MR) is 41.3 cm³/mol. The molecule has 4 heteroatoms. The second kappa shape index (κ2) is 3.12. The maximum absolute atomic E-state index is 10.6. The third-order valence-corrected chi connectivity index (χ3v) is 1.16. The lowest BCUT2D eigenvalue weighted by molar-refractivity contribution is -0.114. The van der Waals surface area contributed by atoms with Crippen molar-refractivity contribution in [2.75, 3.05) is 5.01 Å². The molecule has 0 aromatic carbocycles. The van der Waals surface area contributed by atoms with E-state index >= 15 is 0 Å². The van der Waals surface area contributed by atoms with Crippen molar-refractivity contribution < 1.29 is 4.79 Å².